The number of ether oxygens (including phenoxy) is 1. The molecule has 2 unspecified atom stereocenters. The van der Waals surface area contributed by atoms with Gasteiger partial charge in [0.15, 0.2) is 12.4 Å². The number of aliphatic hydroxyl groups is 3. The minimum absolute atomic E-state index is 0.112. The zero-order chi connectivity index (χ0) is 20.0. The highest BCUT2D eigenvalue weighted by molar-refractivity contribution is 5.87. The van der Waals surface area contributed by atoms with Gasteiger partial charge in [0.25, 0.3) is 5.91 Å². The Morgan fingerprint density at radius 2 is 1.93 bits per heavy atom. The van der Waals surface area contributed by atoms with E-state index in [4.69, 9.17) is 4.74 Å². The molecule has 1 aromatic rings. The van der Waals surface area contributed by atoms with E-state index in [0.717, 1.165) is 5.56 Å². The summed E-state index contributed by atoms with van der Waals surface area (Å²) in [4.78, 5) is 26.5. The molecule has 7 heteroatoms. The summed E-state index contributed by atoms with van der Waals surface area (Å²) in [5.74, 6) is -1.05. The van der Waals surface area contributed by atoms with Gasteiger partial charge < -0.3 is 25.0 Å². The molecule has 0 aliphatic carbocycles. The highest BCUT2D eigenvalue weighted by Gasteiger charge is 2.38. The van der Waals surface area contributed by atoms with Gasteiger partial charge in [-0.25, -0.2) is 4.79 Å². The van der Waals surface area contributed by atoms with E-state index in [2.05, 4.69) is 0 Å². The van der Waals surface area contributed by atoms with Gasteiger partial charge in [0, 0.05) is 13.0 Å². The smallest absolute Gasteiger partial charge is 0.329 e. The molecule has 150 valence electrons. The van der Waals surface area contributed by atoms with Crippen molar-refractivity contribution in [2.24, 2.45) is 5.92 Å². The average molecular weight is 379 g/mol. The lowest BCUT2D eigenvalue weighted by molar-refractivity contribution is -0.183. The second-order valence-corrected chi connectivity index (χ2v) is 7.41. The molecule has 3 atom stereocenters. The Morgan fingerprint density at radius 1 is 1.26 bits per heavy atom. The molecule has 1 heterocycles. The molecule has 1 aromatic carbocycles. The molecule has 0 saturated carbocycles. The largest absolute Gasteiger partial charge is 0.455 e. The van der Waals surface area contributed by atoms with Gasteiger partial charge in [0.2, 0.25) is 0 Å². The van der Waals surface area contributed by atoms with E-state index in [9.17, 15) is 24.9 Å². The third kappa shape index (κ3) is 6.02. The highest BCUT2D eigenvalue weighted by atomic mass is 16.6. The van der Waals surface area contributed by atoms with Crippen LogP contribution in [-0.4, -0.2) is 63.2 Å². The van der Waals surface area contributed by atoms with Gasteiger partial charge in [-0.05, 0) is 30.7 Å². The van der Waals surface area contributed by atoms with Crippen LogP contribution in [0.4, 0.5) is 0 Å². The van der Waals surface area contributed by atoms with E-state index in [-0.39, 0.29) is 12.3 Å². The summed E-state index contributed by atoms with van der Waals surface area (Å²) in [7, 11) is 0. The number of esters is 1. The molecule has 1 fully saturated rings. The van der Waals surface area contributed by atoms with Crippen LogP contribution in [0.5, 0.6) is 0 Å². The summed E-state index contributed by atoms with van der Waals surface area (Å²) in [6.07, 6.45) is -2.58. The minimum Gasteiger partial charge on any atom is -0.455 e. The van der Waals surface area contributed by atoms with Crippen LogP contribution in [0.15, 0.2) is 30.3 Å². The van der Waals surface area contributed by atoms with Crippen LogP contribution in [-0.2, 0) is 20.7 Å². The van der Waals surface area contributed by atoms with E-state index < -0.39 is 36.4 Å². The number of hydrogen-bond donors (Lipinski definition) is 3. The summed E-state index contributed by atoms with van der Waals surface area (Å²) in [5.41, 5.74) is 0.799. The fraction of sp³-hybridized carbons (Fsp3) is 0.600. The zero-order valence-corrected chi connectivity index (χ0v) is 15.8. The Labute approximate surface area is 159 Å². The molecule has 2 rings (SSSR count). The molecule has 1 amide bonds. The number of piperidine rings is 1. The lowest BCUT2D eigenvalue weighted by Gasteiger charge is -2.36. The van der Waals surface area contributed by atoms with E-state index in [0.29, 0.717) is 25.8 Å². The van der Waals surface area contributed by atoms with Gasteiger partial charge >= 0.3 is 5.97 Å². The lowest BCUT2D eigenvalue weighted by atomic mass is 9.98. The molecule has 3 N–H and O–H groups in total. The molecule has 0 radical (unpaired) electrons. The van der Waals surface area contributed by atoms with E-state index in [1.165, 1.54) is 4.90 Å². The molecule has 0 bridgehead atoms. The number of carbonyl (C=O) groups is 2. The normalized spacial score (nSPS) is 20.0. The highest BCUT2D eigenvalue weighted by Crippen LogP contribution is 2.21. The number of likely N-dealkylation sites (tertiary alicyclic amines) is 1. The third-order valence-corrected chi connectivity index (χ3v) is 4.67. The maximum Gasteiger partial charge on any atom is 0.329 e. The SMILES string of the molecule is CC(C)C[C@@H](C(=O)OC(Cc1ccccc1)C(O)O)N1CCCC(O)C1=O. The first-order valence-electron chi connectivity index (χ1n) is 9.38. The number of carbonyl (C=O) groups excluding carboxylic acids is 2. The molecular weight excluding hydrogens is 350 g/mol. The van der Waals surface area contributed by atoms with Crippen LogP contribution in [0.1, 0.15) is 38.7 Å². The summed E-state index contributed by atoms with van der Waals surface area (Å²) in [6, 6.07) is 8.22. The Hall–Kier alpha value is -1.96. The van der Waals surface area contributed by atoms with Crippen molar-refractivity contribution in [3.8, 4) is 0 Å². The zero-order valence-electron chi connectivity index (χ0n) is 15.8. The first kappa shape index (κ1) is 21.3. The fourth-order valence-corrected chi connectivity index (χ4v) is 3.27. The first-order valence-corrected chi connectivity index (χ1v) is 9.38. The molecule has 0 spiro atoms. The van der Waals surface area contributed by atoms with Crippen molar-refractivity contribution < 1.29 is 29.6 Å². The van der Waals surface area contributed by atoms with Crippen LogP contribution in [0.2, 0.25) is 0 Å². The quantitative estimate of drug-likeness (QED) is 0.457. The number of hydrogen-bond acceptors (Lipinski definition) is 6. The molecular formula is C20H29NO6. The number of amides is 1. The maximum absolute atomic E-state index is 12.8. The van der Waals surface area contributed by atoms with Gasteiger partial charge in [0.05, 0.1) is 0 Å². The summed E-state index contributed by atoms with van der Waals surface area (Å²) in [6.45, 7) is 4.22. The Balaban J connectivity index is 2.14. The topological polar surface area (TPSA) is 107 Å². The molecule has 1 saturated heterocycles. The summed E-state index contributed by atoms with van der Waals surface area (Å²) in [5, 5.41) is 29.2. The Kier molecular flexibility index (Phi) is 7.77. The first-order chi connectivity index (χ1) is 12.8. The maximum atomic E-state index is 12.8. The number of aliphatic hydroxyl groups excluding tert-OH is 2. The molecule has 0 aromatic heterocycles. The predicted molar refractivity (Wildman–Crippen MR) is 98.4 cm³/mol. The fourth-order valence-electron chi connectivity index (χ4n) is 3.27. The molecule has 27 heavy (non-hydrogen) atoms. The minimum atomic E-state index is -1.84. The molecule has 7 nitrogen and oxygen atoms in total. The van der Waals surface area contributed by atoms with Gasteiger partial charge in [-0.15, -0.1) is 0 Å². The summed E-state index contributed by atoms with van der Waals surface area (Å²) >= 11 is 0. The average Bonchev–Trinajstić information content (AvgIpc) is 2.62. The van der Waals surface area contributed by atoms with Crippen LogP contribution < -0.4 is 0 Å². The second-order valence-electron chi connectivity index (χ2n) is 7.41. The van der Waals surface area contributed by atoms with Gasteiger partial charge in [-0.3, -0.25) is 4.79 Å². The van der Waals surface area contributed by atoms with Gasteiger partial charge in [-0.2, -0.15) is 0 Å². The monoisotopic (exact) mass is 379 g/mol. The third-order valence-electron chi connectivity index (χ3n) is 4.67. The predicted octanol–water partition coefficient (Wildman–Crippen LogP) is 0.850. The molecule has 1 aliphatic heterocycles. The van der Waals surface area contributed by atoms with Crippen molar-refractivity contribution in [2.75, 3.05) is 6.54 Å². The van der Waals surface area contributed by atoms with E-state index in [1.54, 1.807) is 12.1 Å². The van der Waals surface area contributed by atoms with Crippen LogP contribution >= 0.6 is 0 Å². The second kappa shape index (κ2) is 9.82. The standard InChI is InChI=1S/C20H29NO6/c1-13(2)11-15(21-10-6-9-16(22)18(21)23)20(26)27-17(19(24)25)12-14-7-4-3-5-8-14/h3-5,7-8,13,15-17,19,22,24-25H,6,9-12H2,1-2H3/t15-,16?,17?/m0/s1. The lowest BCUT2D eigenvalue weighted by Crippen LogP contribution is -2.54. The number of benzene rings is 1. The van der Waals surface area contributed by atoms with Gasteiger partial charge in [-0.1, -0.05) is 44.2 Å². The van der Waals surface area contributed by atoms with Crippen molar-refractivity contribution in [1.82, 2.24) is 4.90 Å². The van der Waals surface area contributed by atoms with Crippen molar-refractivity contribution in [2.45, 2.75) is 64.1 Å². The van der Waals surface area contributed by atoms with Gasteiger partial charge in [0.1, 0.15) is 12.1 Å². The van der Waals surface area contributed by atoms with Crippen molar-refractivity contribution in [1.29, 1.82) is 0 Å². The molecule has 1 aliphatic rings. The van der Waals surface area contributed by atoms with Crippen LogP contribution in [0.25, 0.3) is 0 Å². The van der Waals surface area contributed by atoms with Crippen LogP contribution in [0, 0.1) is 5.92 Å². The van der Waals surface area contributed by atoms with Crippen molar-refractivity contribution in [3.63, 3.8) is 0 Å². The number of rotatable bonds is 8. The Morgan fingerprint density at radius 3 is 2.52 bits per heavy atom. The van der Waals surface area contributed by atoms with E-state index >= 15 is 0 Å². The van der Waals surface area contributed by atoms with E-state index in [1.807, 2.05) is 32.0 Å². The van der Waals surface area contributed by atoms with Crippen LogP contribution in [0.3, 0.4) is 0 Å². The van der Waals surface area contributed by atoms with Crippen molar-refractivity contribution >= 4 is 11.9 Å². The Bertz CT molecular complexity index is 618. The van der Waals surface area contributed by atoms with Crippen molar-refractivity contribution in [3.05, 3.63) is 35.9 Å². The summed E-state index contributed by atoms with van der Waals surface area (Å²) < 4.78 is 5.40. The number of nitrogens with zero attached hydrogens (tertiary/aromatic N) is 1.